The minimum atomic E-state index is -0.958. The predicted octanol–water partition coefficient (Wildman–Crippen LogP) is 5.07. The van der Waals surface area contributed by atoms with Crippen LogP contribution in [0.15, 0.2) is 83.4 Å². The summed E-state index contributed by atoms with van der Waals surface area (Å²) in [4.78, 5) is 18.8. The van der Waals surface area contributed by atoms with Crippen molar-refractivity contribution in [3.05, 3.63) is 101 Å². The molecule has 11 heteroatoms. The van der Waals surface area contributed by atoms with Crippen LogP contribution in [0.2, 0.25) is 0 Å². The normalized spacial score (nSPS) is 11.2. The van der Waals surface area contributed by atoms with Gasteiger partial charge in [-0.05, 0) is 40.6 Å². The Morgan fingerprint density at radius 3 is 2.48 bits per heavy atom. The average Bonchev–Trinajstić information content (AvgIpc) is 3.52. The molecule has 0 aliphatic rings. The van der Waals surface area contributed by atoms with E-state index in [0.717, 1.165) is 33.7 Å². The number of ketones is 1. The fourth-order valence-corrected chi connectivity index (χ4v) is 5.47. The molecular weight excluding hydrogens is 538 g/mol. The molecule has 0 amide bonds. The van der Waals surface area contributed by atoms with E-state index in [1.165, 1.54) is 13.2 Å². The van der Waals surface area contributed by atoms with Crippen LogP contribution < -0.4 is 20.3 Å². The van der Waals surface area contributed by atoms with Crippen LogP contribution in [0.1, 0.15) is 15.4 Å². The number of hydrogen-bond donors (Lipinski definition) is 1. The molecule has 0 aliphatic carbocycles. The summed E-state index contributed by atoms with van der Waals surface area (Å²) < 4.78 is 39.8. The first-order chi connectivity index (χ1) is 19.4. The third kappa shape index (κ3) is 4.22. The van der Waals surface area contributed by atoms with E-state index in [2.05, 4.69) is 5.27 Å². The maximum atomic E-state index is 15.0. The minimum Gasteiger partial charge on any atom is -0.539 e. The maximum absolute atomic E-state index is 15.0. The van der Waals surface area contributed by atoms with Gasteiger partial charge in [-0.25, -0.2) is 13.8 Å². The molecular formula is C29H18F2N4O4S. The lowest BCUT2D eigenvalue weighted by Gasteiger charge is -2.10. The molecule has 0 radical (unpaired) electrons. The number of hydrogen-bond acceptors (Lipinski definition) is 8. The van der Waals surface area contributed by atoms with Crippen LogP contribution in [-0.4, -0.2) is 23.1 Å². The molecule has 0 aliphatic heterocycles. The summed E-state index contributed by atoms with van der Waals surface area (Å²) in [6, 6.07) is 20.5. The number of fused-ring (bicyclic) bond motifs is 1. The Labute approximate surface area is 229 Å². The molecule has 40 heavy (non-hydrogen) atoms. The van der Waals surface area contributed by atoms with Gasteiger partial charge in [-0.2, -0.15) is 0 Å². The number of pyridine rings is 1. The second-order valence-electron chi connectivity index (χ2n) is 8.72. The highest BCUT2D eigenvalue weighted by atomic mass is 32.1. The first-order valence-electron chi connectivity index (χ1n) is 11.9. The molecule has 6 aromatic rings. The molecule has 0 atom stereocenters. The molecule has 6 rings (SSSR count). The fraction of sp³-hybridized carbons (Fsp3) is 0.0345. The van der Waals surface area contributed by atoms with E-state index in [9.17, 15) is 14.3 Å². The highest BCUT2D eigenvalue weighted by molar-refractivity contribution is 7.21. The van der Waals surface area contributed by atoms with E-state index < -0.39 is 23.4 Å². The average molecular weight is 557 g/mol. The van der Waals surface area contributed by atoms with E-state index >= 15 is 4.39 Å². The molecule has 0 spiro atoms. The van der Waals surface area contributed by atoms with Crippen LogP contribution in [0.5, 0.6) is 11.7 Å². The van der Waals surface area contributed by atoms with E-state index in [-0.39, 0.29) is 21.8 Å². The van der Waals surface area contributed by atoms with Gasteiger partial charge in [0.2, 0.25) is 5.69 Å². The highest BCUT2D eigenvalue weighted by Gasteiger charge is 2.33. The van der Waals surface area contributed by atoms with Crippen molar-refractivity contribution >= 4 is 33.0 Å². The molecule has 3 heterocycles. The molecule has 0 bridgehead atoms. The Morgan fingerprint density at radius 2 is 1.77 bits per heavy atom. The van der Waals surface area contributed by atoms with Gasteiger partial charge >= 0.3 is 5.69 Å². The number of methoxy groups -OCH3 is 1. The van der Waals surface area contributed by atoms with Crippen LogP contribution in [0.25, 0.3) is 38.3 Å². The SMILES string of the molecule is COc1ccc(-[n+]2noc([O-])c2C(=O)c2sc3nc(-c4ccccc4)cc(-c4ccc(F)cc4F)c3c2N)cc1. The van der Waals surface area contributed by atoms with Gasteiger partial charge < -0.3 is 20.1 Å². The molecule has 3 aromatic heterocycles. The lowest BCUT2D eigenvalue weighted by Crippen LogP contribution is -2.39. The summed E-state index contributed by atoms with van der Waals surface area (Å²) in [5.41, 5.74) is 8.15. The van der Waals surface area contributed by atoms with Gasteiger partial charge in [-0.1, -0.05) is 30.3 Å². The number of ether oxygens (including phenoxy) is 1. The zero-order valence-corrected chi connectivity index (χ0v) is 21.5. The van der Waals surface area contributed by atoms with Gasteiger partial charge in [0.25, 0.3) is 5.78 Å². The van der Waals surface area contributed by atoms with Gasteiger partial charge in [0.1, 0.15) is 27.1 Å². The predicted molar refractivity (Wildman–Crippen MR) is 142 cm³/mol. The number of anilines is 1. The van der Waals surface area contributed by atoms with Crippen LogP contribution >= 0.6 is 11.3 Å². The number of benzene rings is 3. The Balaban J connectivity index is 1.56. The Hall–Kier alpha value is -5.16. The number of nitrogen functional groups attached to an aromatic ring is 1. The summed E-state index contributed by atoms with van der Waals surface area (Å²) in [7, 11) is 1.51. The second kappa shape index (κ2) is 9.86. The zero-order chi connectivity index (χ0) is 28.0. The summed E-state index contributed by atoms with van der Waals surface area (Å²) in [5, 5.41) is 16.7. The van der Waals surface area contributed by atoms with Crippen LogP contribution in [0.4, 0.5) is 14.5 Å². The summed E-state index contributed by atoms with van der Waals surface area (Å²) >= 11 is 0.952. The zero-order valence-electron chi connectivity index (χ0n) is 20.7. The van der Waals surface area contributed by atoms with Crippen molar-refractivity contribution in [3.8, 4) is 39.8 Å². The van der Waals surface area contributed by atoms with Gasteiger partial charge in [-0.15, -0.1) is 11.3 Å². The Kier molecular flexibility index (Phi) is 6.20. The molecule has 3 aromatic carbocycles. The number of rotatable bonds is 6. The minimum absolute atomic E-state index is 0.000886. The number of nitrogens with zero attached hydrogens (tertiary/aromatic N) is 3. The van der Waals surface area contributed by atoms with Crippen molar-refractivity contribution in [1.29, 1.82) is 0 Å². The molecule has 0 fully saturated rings. The third-order valence-electron chi connectivity index (χ3n) is 6.34. The van der Waals surface area contributed by atoms with Gasteiger partial charge in [0, 0.05) is 34.7 Å². The quantitative estimate of drug-likeness (QED) is 0.225. The summed E-state index contributed by atoms with van der Waals surface area (Å²) in [5.74, 6) is -2.67. The summed E-state index contributed by atoms with van der Waals surface area (Å²) in [6.07, 6.45) is 0. The lowest BCUT2D eigenvalue weighted by atomic mass is 9.98. The standard InChI is InChI=1S/C29H18F2N4O4S/c1-38-18-10-8-17(9-11-18)35-25(29(37)39-34-35)26(36)27-24(32)23-20(19-12-7-16(30)13-21(19)31)14-22(33-28(23)40-27)15-5-3-2-4-6-15/h2-14H,1H3,(H2-,32,34,36,37). The number of carbonyl (C=O) groups is 1. The molecule has 2 N–H and O–H groups in total. The van der Waals surface area contributed by atoms with Gasteiger partial charge in [0.05, 0.1) is 23.8 Å². The van der Waals surface area contributed by atoms with Crippen molar-refractivity contribution in [3.63, 3.8) is 0 Å². The van der Waals surface area contributed by atoms with E-state index in [1.807, 2.05) is 30.3 Å². The topological polar surface area (TPSA) is 118 Å². The highest BCUT2D eigenvalue weighted by Crippen LogP contribution is 2.43. The van der Waals surface area contributed by atoms with Crippen LogP contribution in [-0.2, 0) is 0 Å². The van der Waals surface area contributed by atoms with Crippen molar-refractivity contribution in [2.45, 2.75) is 0 Å². The summed E-state index contributed by atoms with van der Waals surface area (Å²) in [6.45, 7) is 0. The molecule has 0 saturated heterocycles. The Bertz CT molecular complexity index is 1900. The van der Waals surface area contributed by atoms with Crippen LogP contribution in [0, 0.1) is 11.6 Å². The molecule has 198 valence electrons. The van der Waals surface area contributed by atoms with Crippen LogP contribution in [0.3, 0.4) is 0 Å². The fourth-order valence-electron chi connectivity index (χ4n) is 4.41. The number of halogens is 2. The maximum Gasteiger partial charge on any atom is 0.312 e. The second-order valence-corrected chi connectivity index (χ2v) is 9.72. The molecule has 0 saturated carbocycles. The van der Waals surface area contributed by atoms with Gasteiger partial charge in [0.15, 0.2) is 5.95 Å². The lowest BCUT2D eigenvalue weighted by molar-refractivity contribution is -0.672. The number of nitrogens with two attached hydrogens (primary N) is 1. The number of aromatic nitrogens is 3. The third-order valence-corrected chi connectivity index (χ3v) is 7.44. The van der Waals surface area contributed by atoms with E-state index in [4.69, 9.17) is 20.0 Å². The van der Waals surface area contributed by atoms with Gasteiger partial charge in [-0.3, -0.25) is 4.79 Å². The largest absolute Gasteiger partial charge is 0.539 e. The van der Waals surface area contributed by atoms with Crippen molar-refractivity contribution in [2.24, 2.45) is 0 Å². The first-order valence-corrected chi connectivity index (χ1v) is 12.7. The van der Waals surface area contributed by atoms with Crippen molar-refractivity contribution < 1.29 is 32.6 Å². The Morgan fingerprint density at radius 1 is 1.02 bits per heavy atom. The number of thiophene rings is 1. The van der Waals surface area contributed by atoms with Crippen molar-refractivity contribution in [2.75, 3.05) is 12.8 Å². The smallest absolute Gasteiger partial charge is 0.312 e. The van der Waals surface area contributed by atoms with E-state index in [1.54, 1.807) is 30.3 Å². The molecule has 0 unspecified atom stereocenters. The first kappa shape index (κ1) is 25.1. The molecule has 8 nitrogen and oxygen atoms in total. The van der Waals surface area contributed by atoms with E-state index in [0.29, 0.717) is 32.9 Å². The monoisotopic (exact) mass is 556 g/mol. The number of carbonyl (C=O) groups excluding carboxylic acids is 1. The van der Waals surface area contributed by atoms with Crippen molar-refractivity contribution in [1.82, 2.24) is 10.3 Å².